The third kappa shape index (κ3) is 4.02. The molecule has 2 aromatic carbocycles. The van der Waals surface area contributed by atoms with Crippen LogP contribution in [-0.2, 0) is 4.79 Å². The number of carbonyl (C=O) groups is 1. The first kappa shape index (κ1) is 17.9. The molecule has 0 radical (unpaired) electrons. The molecule has 6 heteroatoms. The molecule has 1 heterocycles. The zero-order chi connectivity index (χ0) is 18.7. The van der Waals surface area contributed by atoms with Crippen LogP contribution in [0.25, 0.3) is 0 Å². The standard InChI is InChI=1S/C20H23N3O3/c1-14-3-6-17(7-4-14)22-11-9-16(10-12-22)20(24)21-19-13-18(23(25)26)8-5-15(19)2/h3-8,13,16H,9-12H2,1-2H3,(H,21,24). The van der Waals surface area contributed by atoms with Gasteiger partial charge in [-0.3, -0.25) is 14.9 Å². The van der Waals surface area contributed by atoms with Gasteiger partial charge in [-0.1, -0.05) is 23.8 Å². The van der Waals surface area contributed by atoms with Crippen LogP contribution in [0.3, 0.4) is 0 Å². The highest BCUT2D eigenvalue weighted by Crippen LogP contribution is 2.26. The molecule has 136 valence electrons. The van der Waals surface area contributed by atoms with Crippen LogP contribution in [0.2, 0.25) is 0 Å². The maximum atomic E-state index is 12.6. The topological polar surface area (TPSA) is 75.5 Å². The summed E-state index contributed by atoms with van der Waals surface area (Å²) in [6, 6.07) is 13.0. The van der Waals surface area contributed by atoms with Crippen molar-refractivity contribution in [3.63, 3.8) is 0 Å². The number of hydrogen-bond acceptors (Lipinski definition) is 4. The number of hydrogen-bond donors (Lipinski definition) is 1. The van der Waals surface area contributed by atoms with E-state index in [1.54, 1.807) is 6.07 Å². The Morgan fingerprint density at radius 3 is 2.38 bits per heavy atom. The van der Waals surface area contributed by atoms with E-state index in [9.17, 15) is 14.9 Å². The average molecular weight is 353 g/mol. The lowest BCUT2D eigenvalue weighted by atomic mass is 9.95. The van der Waals surface area contributed by atoms with Crippen molar-refractivity contribution in [2.24, 2.45) is 5.92 Å². The number of amides is 1. The van der Waals surface area contributed by atoms with Crippen molar-refractivity contribution >= 4 is 23.0 Å². The molecule has 1 aliphatic rings. The molecule has 1 saturated heterocycles. The molecule has 0 saturated carbocycles. The summed E-state index contributed by atoms with van der Waals surface area (Å²) in [5.74, 6) is -0.132. The minimum atomic E-state index is -0.449. The highest BCUT2D eigenvalue weighted by molar-refractivity contribution is 5.93. The molecule has 1 N–H and O–H groups in total. The van der Waals surface area contributed by atoms with Gasteiger partial charge in [-0.25, -0.2) is 0 Å². The van der Waals surface area contributed by atoms with E-state index >= 15 is 0 Å². The van der Waals surface area contributed by atoms with Gasteiger partial charge in [0, 0.05) is 36.8 Å². The SMILES string of the molecule is Cc1ccc(N2CCC(C(=O)Nc3cc([N+](=O)[O-])ccc3C)CC2)cc1. The molecule has 2 aromatic rings. The van der Waals surface area contributed by atoms with Crippen molar-refractivity contribution in [3.05, 3.63) is 63.7 Å². The first-order valence-electron chi connectivity index (χ1n) is 8.81. The number of nitrogens with zero attached hydrogens (tertiary/aromatic N) is 2. The van der Waals surface area contributed by atoms with Crippen molar-refractivity contribution < 1.29 is 9.72 Å². The Balaban J connectivity index is 1.61. The Bertz CT molecular complexity index is 810. The highest BCUT2D eigenvalue weighted by atomic mass is 16.6. The van der Waals surface area contributed by atoms with Crippen molar-refractivity contribution in [1.29, 1.82) is 0 Å². The molecule has 1 aliphatic heterocycles. The summed E-state index contributed by atoms with van der Waals surface area (Å²) in [5.41, 5.74) is 3.74. The van der Waals surface area contributed by atoms with Crippen LogP contribution in [0.15, 0.2) is 42.5 Å². The molecular weight excluding hydrogens is 330 g/mol. The zero-order valence-electron chi connectivity index (χ0n) is 15.1. The first-order valence-corrected chi connectivity index (χ1v) is 8.81. The van der Waals surface area contributed by atoms with Crippen LogP contribution in [0.5, 0.6) is 0 Å². The van der Waals surface area contributed by atoms with Gasteiger partial charge in [-0.05, 0) is 44.4 Å². The van der Waals surface area contributed by atoms with Gasteiger partial charge in [0.25, 0.3) is 5.69 Å². The van der Waals surface area contributed by atoms with E-state index in [2.05, 4.69) is 41.4 Å². The lowest BCUT2D eigenvalue weighted by Gasteiger charge is -2.33. The van der Waals surface area contributed by atoms with Gasteiger partial charge in [0.05, 0.1) is 10.6 Å². The van der Waals surface area contributed by atoms with Gasteiger partial charge in [-0.2, -0.15) is 0 Å². The van der Waals surface area contributed by atoms with Crippen LogP contribution in [0.1, 0.15) is 24.0 Å². The zero-order valence-corrected chi connectivity index (χ0v) is 15.1. The van der Waals surface area contributed by atoms with Crippen LogP contribution < -0.4 is 10.2 Å². The minimum absolute atomic E-state index is 0.0138. The number of rotatable bonds is 4. The van der Waals surface area contributed by atoms with Gasteiger partial charge in [0.15, 0.2) is 0 Å². The largest absolute Gasteiger partial charge is 0.371 e. The summed E-state index contributed by atoms with van der Waals surface area (Å²) < 4.78 is 0. The minimum Gasteiger partial charge on any atom is -0.371 e. The first-order chi connectivity index (χ1) is 12.4. The fraction of sp³-hybridized carbons (Fsp3) is 0.350. The molecule has 3 rings (SSSR count). The number of nitrogens with one attached hydrogen (secondary N) is 1. The monoisotopic (exact) mass is 353 g/mol. The molecule has 26 heavy (non-hydrogen) atoms. The summed E-state index contributed by atoms with van der Waals surface area (Å²) in [5, 5.41) is 13.8. The third-order valence-corrected chi connectivity index (χ3v) is 4.95. The predicted molar refractivity (Wildman–Crippen MR) is 103 cm³/mol. The number of carbonyl (C=O) groups excluding carboxylic acids is 1. The van der Waals surface area contributed by atoms with E-state index in [0.29, 0.717) is 5.69 Å². The van der Waals surface area contributed by atoms with E-state index in [-0.39, 0.29) is 17.5 Å². The maximum absolute atomic E-state index is 12.6. The van der Waals surface area contributed by atoms with Crippen molar-refractivity contribution in [1.82, 2.24) is 0 Å². The molecular formula is C20H23N3O3. The van der Waals surface area contributed by atoms with Crippen molar-refractivity contribution in [2.75, 3.05) is 23.3 Å². The Kier molecular flexibility index (Phi) is 5.21. The van der Waals surface area contributed by atoms with E-state index in [4.69, 9.17) is 0 Å². The van der Waals surface area contributed by atoms with Crippen LogP contribution in [0.4, 0.5) is 17.1 Å². The predicted octanol–water partition coefficient (Wildman–Crippen LogP) is 4.07. The van der Waals surface area contributed by atoms with E-state index in [1.807, 2.05) is 6.92 Å². The molecule has 0 unspecified atom stereocenters. The fourth-order valence-corrected chi connectivity index (χ4v) is 3.25. The quantitative estimate of drug-likeness (QED) is 0.664. The number of nitro groups is 1. The Morgan fingerprint density at radius 1 is 1.12 bits per heavy atom. The second-order valence-electron chi connectivity index (χ2n) is 6.84. The van der Waals surface area contributed by atoms with E-state index < -0.39 is 4.92 Å². The maximum Gasteiger partial charge on any atom is 0.271 e. The molecule has 0 bridgehead atoms. The van der Waals surface area contributed by atoms with Gasteiger partial charge in [0.2, 0.25) is 5.91 Å². The number of non-ortho nitro benzene ring substituents is 1. The molecule has 6 nitrogen and oxygen atoms in total. The lowest BCUT2D eigenvalue weighted by Crippen LogP contribution is -2.38. The summed E-state index contributed by atoms with van der Waals surface area (Å²) in [4.78, 5) is 25.4. The molecule has 0 spiro atoms. The van der Waals surface area contributed by atoms with E-state index in [0.717, 1.165) is 31.5 Å². The smallest absolute Gasteiger partial charge is 0.271 e. The van der Waals surface area contributed by atoms with Crippen molar-refractivity contribution in [2.45, 2.75) is 26.7 Å². The fourth-order valence-electron chi connectivity index (χ4n) is 3.25. The normalized spacial score (nSPS) is 14.9. The number of anilines is 2. The van der Waals surface area contributed by atoms with Crippen LogP contribution >= 0.6 is 0 Å². The molecule has 0 atom stereocenters. The molecule has 1 amide bonds. The summed E-state index contributed by atoms with van der Waals surface area (Å²) in [6.07, 6.45) is 1.54. The third-order valence-electron chi connectivity index (χ3n) is 4.95. The number of nitro benzene ring substituents is 1. The average Bonchev–Trinajstić information content (AvgIpc) is 2.64. The van der Waals surface area contributed by atoms with Crippen LogP contribution in [0, 0.1) is 29.9 Å². The van der Waals surface area contributed by atoms with Gasteiger partial charge >= 0.3 is 0 Å². The second kappa shape index (κ2) is 7.56. The van der Waals surface area contributed by atoms with Gasteiger partial charge in [0.1, 0.15) is 0 Å². The number of benzene rings is 2. The molecule has 0 aliphatic carbocycles. The van der Waals surface area contributed by atoms with Crippen molar-refractivity contribution in [3.8, 4) is 0 Å². The number of piperidine rings is 1. The second-order valence-corrected chi connectivity index (χ2v) is 6.84. The Hall–Kier alpha value is -2.89. The van der Waals surface area contributed by atoms with Gasteiger partial charge < -0.3 is 10.2 Å². The Morgan fingerprint density at radius 2 is 1.77 bits per heavy atom. The van der Waals surface area contributed by atoms with E-state index in [1.165, 1.54) is 23.4 Å². The summed E-state index contributed by atoms with van der Waals surface area (Å²) in [6.45, 7) is 5.56. The van der Waals surface area contributed by atoms with Crippen LogP contribution in [-0.4, -0.2) is 23.9 Å². The Labute approximate surface area is 153 Å². The van der Waals surface area contributed by atoms with Gasteiger partial charge in [-0.15, -0.1) is 0 Å². The highest BCUT2D eigenvalue weighted by Gasteiger charge is 2.25. The molecule has 1 fully saturated rings. The summed E-state index contributed by atoms with van der Waals surface area (Å²) >= 11 is 0. The summed E-state index contributed by atoms with van der Waals surface area (Å²) in [7, 11) is 0. The number of aryl methyl sites for hydroxylation is 2. The molecule has 0 aromatic heterocycles. The lowest BCUT2D eigenvalue weighted by molar-refractivity contribution is -0.384.